The lowest BCUT2D eigenvalue weighted by atomic mass is 10.1. The molecule has 5 heteroatoms. The van der Waals surface area contributed by atoms with Crippen LogP contribution < -0.4 is 0 Å². The molecule has 70 valence electrons. The van der Waals surface area contributed by atoms with Crippen LogP contribution in [0.25, 0.3) is 0 Å². The van der Waals surface area contributed by atoms with Crippen molar-refractivity contribution in [2.45, 2.75) is 10.5 Å². The highest BCUT2D eigenvalue weighted by atomic mass is 32.2. The minimum atomic E-state index is -0.936. The summed E-state index contributed by atoms with van der Waals surface area (Å²) in [6, 6.07) is 3.39. The maximum absolute atomic E-state index is 10.5. The molecule has 1 aromatic rings. The second-order valence-corrected chi connectivity index (χ2v) is 4.50. The van der Waals surface area contributed by atoms with Crippen molar-refractivity contribution in [1.29, 1.82) is 0 Å². The van der Waals surface area contributed by atoms with Crippen LogP contribution in [0, 0.1) is 0 Å². The molecule has 0 radical (unpaired) electrons. The molecular formula is C8H9NO2S2. The van der Waals surface area contributed by atoms with Gasteiger partial charge in [-0.2, -0.15) is 25.3 Å². The van der Waals surface area contributed by atoms with E-state index >= 15 is 0 Å². The zero-order valence-corrected chi connectivity index (χ0v) is 8.50. The van der Waals surface area contributed by atoms with Crippen LogP contribution >= 0.6 is 25.3 Å². The summed E-state index contributed by atoms with van der Waals surface area (Å²) in [7, 11) is 0. The Labute approximate surface area is 87.0 Å². The first-order chi connectivity index (χ1) is 6.02. The number of pyridine rings is 1. The summed E-state index contributed by atoms with van der Waals surface area (Å²) in [5, 5.41) is 8.60. The third-order valence-corrected chi connectivity index (χ3v) is 2.37. The lowest BCUT2D eigenvalue weighted by Gasteiger charge is -2.20. The first-order valence-electron chi connectivity index (χ1n) is 3.59. The zero-order valence-electron chi connectivity index (χ0n) is 6.71. The van der Waals surface area contributed by atoms with Crippen molar-refractivity contribution < 1.29 is 9.90 Å². The van der Waals surface area contributed by atoms with Gasteiger partial charge in [0.15, 0.2) is 0 Å². The van der Waals surface area contributed by atoms with Gasteiger partial charge in [0.2, 0.25) is 0 Å². The Morgan fingerprint density at radius 1 is 1.46 bits per heavy atom. The summed E-state index contributed by atoms with van der Waals surface area (Å²) in [6.07, 6.45) is 3.03. The molecule has 1 rings (SSSR count). The van der Waals surface area contributed by atoms with Crippen LogP contribution in [0.1, 0.15) is 12.0 Å². The molecule has 0 aromatic carbocycles. The van der Waals surface area contributed by atoms with Crippen molar-refractivity contribution in [3.63, 3.8) is 0 Å². The van der Waals surface area contributed by atoms with E-state index in [1.54, 1.807) is 24.5 Å². The molecule has 0 atom stereocenters. The monoisotopic (exact) mass is 215 g/mol. The van der Waals surface area contributed by atoms with Gasteiger partial charge in [-0.05, 0) is 17.7 Å². The van der Waals surface area contributed by atoms with Crippen LogP contribution in [0.15, 0.2) is 24.5 Å². The molecule has 0 amide bonds. The van der Waals surface area contributed by atoms with Crippen molar-refractivity contribution in [2.24, 2.45) is 0 Å². The fourth-order valence-electron chi connectivity index (χ4n) is 0.932. The molecule has 0 saturated carbocycles. The lowest BCUT2D eigenvalue weighted by molar-refractivity contribution is -0.137. The van der Waals surface area contributed by atoms with E-state index in [2.05, 4.69) is 30.2 Å². The predicted molar refractivity (Wildman–Crippen MR) is 56.1 cm³/mol. The van der Waals surface area contributed by atoms with E-state index in [9.17, 15) is 4.79 Å². The second kappa shape index (κ2) is 4.02. The van der Waals surface area contributed by atoms with Crippen molar-refractivity contribution in [3.8, 4) is 0 Å². The summed E-state index contributed by atoms with van der Waals surface area (Å²) in [5.41, 5.74) is 0.733. The molecule has 1 N–H and O–H groups in total. The molecule has 1 aromatic heterocycles. The van der Waals surface area contributed by atoms with Gasteiger partial charge in [-0.25, -0.2) is 0 Å². The van der Waals surface area contributed by atoms with Crippen molar-refractivity contribution in [3.05, 3.63) is 30.1 Å². The summed E-state index contributed by atoms with van der Waals surface area (Å²) in [5.74, 6) is -0.929. The third-order valence-electron chi connectivity index (χ3n) is 1.54. The Kier molecular flexibility index (Phi) is 3.22. The minimum Gasteiger partial charge on any atom is -0.481 e. The molecule has 0 bridgehead atoms. The quantitative estimate of drug-likeness (QED) is 0.530. The minimum absolute atomic E-state index is 0.136. The Balaban J connectivity index is 2.87. The maximum Gasteiger partial charge on any atom is 0.305 e. The zero-order chi connectivity index (χ0) is 9.90. The first kappa shape index (κ1) is 10.4. The van der Waals surface area contributed by atoms with Gasteiger partial charge in [0.25, 0.3) is 0 Å². The van der Waals surface area contributed by atoms with Crippen LogP contribution in [0.4, 0.5) is 0 Å². The van der Waals surface area contributed by atoms with Gasteiger partial charge in [-0.15, -0.1) is 0 Å². The highest BCUT2D eigenvalue weighted by Gasteiger charge is 2.26. The van der Waals surface area contributed by atoms with Crippen LogP contribution in [0.5, 0.6) is 0 Å². The summed E-state index contributed by atoms with van der Waals surface area (Å²) in [4.78, 5) is 14.3. The number of carboxylic acid groups (broad SMARTS) is 1. The van der Waals surface area contributed by atoms with E-state index in [-0.39, 0.29) is 6.42 Å². The van der Waals surface area contributed by atoms with Gasteiger partial charge < -0.3 is 5.11 Å². The summed E-state index contributed by atoms with van der Waals surface area (Å²) in [6.45, 7) is 0. The molecule has 0 aliphatic carbocycles. The predicted octanol–water partition coefficient (Wildman–Crippen LogP) is 1.57. The average molecular weight is 215 g/mol. The number of thiol groups is 2. The van der Waals surface area contributed by atoms with Crippen molar-refractivity contribution in [1.82, 2.24) is 4.98 Å². The van der Waals surface area contributed by atoms with Crippen LogP contribution in [-0.2, 0) is 8.87 Å². The Morgan fingerprint density at radius 3 is 2.46 bits per heavy atom. The molecule has 0 unspecified atom stereocenters. The van der Waals surface area contributed by atoms with Crippen LogP contribution in [0.2, 0.25) is 0 Å². The van der Waals surface area contributed by atoms with Crippen LogP contribution in [0.3, 0.4) is 0 Å². The fraction of sp³-hybridized carbons (Fsp3) is 0.250. The smallest absolute Gasteiger partial charge is 0.305 e. The van der Waals surface area contributed by atoms with Gasteiger partial charge >= 0.3 is 5.97 Å². The van der Waals surface area contributed by atoms with E-state index in [0.717, 1.165) is 5.56 Å². The maximum atomic E-state index is 10.5. The second-order valence-electron chi connectivity index (χ2n) is 2.62. The van der Waals surface area contributed by atoms with E-state index in [0.29, 0.717) is 0 Å². The van der Waals surface area contributed by atoms with Crippen LogP contribution in [-0.4, -0.2) is 16.1 Å². The molecule has 0 aliphatic heterocycles. The Bertz CT molecular complexity index is 300. The largest absolute Gasteiger partial charge is 0.481 e. The number of carboxylic acids is 1. The first-order valence-corrected chi connectivity index (χ1v) is 4.49. The fourth-order valence-corrected chi connectivity index (χ4v) is 1.50. The van der Waals surface area contributed by atoms with Gasteiger partial charge in [-0.3, -0.25) is 9.78 Å². The SMILES string of the molecule is O=C(O)CC(S)(S)c1ccncc1. The molecule has 0 fully saturated rings. The Hall–Kier alpha value is -0.680. The Morgan fingerprint density at radius 2 is 2.00 bits per heavy atom. The highest BCUT2D eigenvalue weighted by molar-refractivity contribution is 7.99. The molecule has 1 heterocycles. The number of hydrogen-bond donors (Lipinski definition) is 3. The number of aliphatic carboxylic acids is 1. The van der Waals surface area contributed by atoms with Crippen molar-refractivity contribution >= 4 is 31.2 Å². The van der Waals surface area contributed by atoms with E-state index < -0.39 is 10.0 Å². The standard InChI is InChI=1S/C8H9NO2S2/c10-7(11)5-8(12,13)6-1-3-9-4-2-6/h1-4,12-13H,5H2,(H,10,11). The van der Waals surface area contributed by atoms with Gasteiger partial charge in [-0.1, -0.05) is 0 Å². The number of nitrogens with zero attached hydrogens (tertiary/aromatic N) is 1. The van der Waals surface area contributed by atoms with Gasteiger partial charge in [0.05, 0.1) is 10.5 Å². The molecular weight excluding hydrogens is 206 g/mol. The normalized spacial score (nSPS) is 11.2. The van der Waals surface area contributed by atoms with E-state index in [1.165, 1.54) is 0 Å². The molecule has 0 saturated heterocycles. The number of hydrogen-bond acceptors (Lipinski definition) is 4. The molecule has 3 nitrogen and oxygen atoms in total. The lowest BCUT2D eigenvalue weighted by Crippen LogP contribution is -2.16. The molecule has 0 spiro atoms. The molecule has 0 aliphatic rings. The summed E-state index contributed by atoms with van der Waals surface area (Å²) < 4.78 is -0.936. The van der Waals surface area contributed by atoms with Gasteiger partial charge in [0.1, 0.15) is 0 Å². The highest BCUT2D eigenvalue weighted by Crippen LogP contribution is 2.35. The summed E-state index contributed by atoms with van der Waals surface area (Å²) >= 11 is 8.34. The topological polar surface area (TPSA) is 50.2 Å². The van der Waals surface area contributed by atoms with E-state index in [1.807, 2.05) is 0 Å². The van der Waals surface area contributed by atoms with E-state index in [4.69, 9.17) is 5.11 Å². The average Bonchev–Trinajstić information content (AvgIpc) is 2.04. The van der Waals surface area contributed by atoms with Crippen molar-refractivity contribution in [2.75, 3.05) is 0 Å². The number of rotatable bonds is 3. The molecule has 13 heavy (non-hydrogen) atoms. The van der Waals surface area contributed by atoms with Gasteiger partial charge in [0, 0.05) is 12.4 Å². The third kappa shape index (κ3) is 2.93. The number of aromatic nitrogens is 1. The number of carbonyl (C=O) groups is 1.